The predicted octanol–water partition coefficient (Wildman–Crippen LogP) is 3.48. The van der Waals surface area contributed by atoms with E-state index in [4.69, 9.17) is 14.2 Å². The number of rotatable bonds is 6. The molecule has 2 aromatic rings. The molecule has 3 rings (SSSR count). The fourth-order valence-corrected chi connectivity index (χ4v) is 3.22. The zero-order valence-electron chi connectivity index (χ0n) is 16.3. The van der Waals surface area contributed by atoms with Crippen molar-refractivity contribution in [3.05, 3.63) is 42.0 Å². The van der Waals surface area contributed by atoms with Gasteiger partial charge < -0.3 is 24.4 Å². The Balaban J connectivity index is 1.87. The summed E-state index contributed by atoms with van der Waals surface area (Å²) in [5.41, 5.74) is 1.61. The molecule has 0 atom stereocenters. The van der Waals surface area contributed by atoms with Crippen molar-refractivity contribution < 1.29 is 23.8 Å². The number of hydrogen-bond acceptors (Lipinski definition) is 5. The molecule has 0 aliphatic carbocycles. The van der Waals surface area contributed by atoms with Crippen LogP contribution in [0, 0.1) is 0 Å². The van der Waals surface area contributed by atoms with E-state index in [1.807, 2.05) is 0 Å². The van der Waals surface area contributed by atoms with Crippen molar-refractivity contribution >= 4 is 23.2 Å². The summed E-state index contributed by atoms with van der Waals surface area (Å²) in [5.74, 6) is 1.35. The fourth-order valence-electron chi connectivity index (χ4n) is 3.22. The van der Waals surface area contributed by atoms with Crippen LogP contribution >= 0.6 is 0 Å². The Bertz CT molecular complexity index is 881. The highest BCUT2D eigenvalue weighted by Gasteiger charge is 2.23. The molecule has 7 nitrogen and oxygen atoms in total. The molecule has 2 aromatic carbocycles. The molecule has 1 aliphatic heterocycles. The van der Waals surface area contributed by atoms with E-state index in [-0.39, 0.29) is 11.8 Å². The average Bonchev–Trinajstić information content (AvgIpc) is 2.73. The van der Waals surface area contributed by atoms with Gasteiger partial charge in [-0.05, 0) is 43.2 Å². The summed E-state index contributed by atoms with van der Waals surface area (Å²) in [7, 11) is 4.61. The van der Waals surface area contributed by atoms with Gasteiger partial charge in [-0.1, -0.05) is 0 Å². The third-order valence-electron chi connectivity index (χ3n) is 4.70. The minimum atomic E-state index is -0.319. The lowest BCUT2D eigenvalue weighted by Crippen LogP contribution is -2.35. The van der Waals surface area contributed by atoms with Gasteiger partial charge in [-0.3, -0.25) is 9.59 Å². The molecule has 7 heteroatoms. The van der Waals surface area contributed by atoms with Crippen LogP contribution in [-0.4, -0.2) is 39.7 Å². The molecule has 28 heavy (non-hydrogen) atoms. The number of nitrogens with one attached hydrogen (secondary N) is 1. The molecule has 1 N–H and O–H groups in total. The molecule has 0 radical (unpaired) electrons. The van der Waals surface area contributed by atoms with E-state index >= 15 is 0 Å². The first-order chi connectivity index (χ1) is 13.6. The van der Waals surface area contributed by atoms with Gasteiger partial charge in [0.1, 0.15) is 17.2 Å². The maximum absolute atomic E-state index is 12.8. The monoisotopic (exact) mass is 384 g/mol. The highest BCUT2D eigenvalue weighted by molar-refractivity contribution is 6.07. The number of ether oxygens (including phenoxy) is 3. The second-order valence-corrected chi connectivity index (χ2v) is 6.41. The second-order valence-electron chi connectivity index (χ2n) is 6.41. The molecule has 0 unspecified atom stereocenters. The fraction of sp³-hybridized carbons (Fsp3) is 0.333. The Hall–Kier alpha value is -3.22. The van der Waals surface area contributed by atoms with Crippen molar-refractivity contribution in [2.75, 3.05) is 38.1 Å². The summed E-state index contributed by atoms with van der Waals surface area (Å²) in [6, 6.07) is 10.2. The van der Waals surface area contributed by atoms with Gasteiger partial charge in [0.2, 0.25) is 5.91 Å². The topological polar surface area (TPSA) is 77.1 Å². The Morgan fingerprint density at radius 2 is 1.75 bits per heavy atom. The number of piperidine rings is 1. The number of carbonyl (C=O) groups excluding carboxylic acids is 2. The van der Waals surface area contributed by atoms with E-state index in [1.54, 1.807) is 55.5 Å². The summed E-state index contributed by atoms with van der Waals surface area (Å²) < 4.78 is 15.9. The van der Waals surface area contributed by atoms with Gasteiger partial charge in [-0.2, -0.15) is 0 Å². The van der Waals surface area contributed by atoms with E-state index in [0.29, 0.717) is 47.2 Å². The average molecular weight is 384 g/mol. The molecule has 0 spiro atoms. The highest BCUT2D eigenvalue weighted by Crippen LogP contribution is 2.34. The van der Waals surface area contributed by atoms with Crippen LogP contribution in [0.25, 0.3) is 0 Å². The SMILES string of the molecule is COc1ccc(C(=O)Nc2ccc(OC)c(N3CCCCC3=O)c2)c(OC)c1. The van der Waals surface area contributed by atoms with Crippen molar-refractivity contribution in [3.8, 4) is 17.2 Å². The molecule has 1 fully saturated rings. The molecule has 1 aliphatic rings. The smallest absolute Gasteiger partial charge is 0.259 e. The van der Waals surface area contributed by atoms with Gasteiger partial charge in [-0.15, -0.1) is 0 Å². The number of carbonyl (C=O) groups is 2. The van der Waals surface area contributed by atoms with Crippen LogP contribution in [0.2, 0.25) is 0 Å². The van der Waals surface area contributed by atoms with E-state index in [1.165, 1.54) is 7.11 Å². The third kappa shape index (κ3) is 4.03. The minimum absolute atomic E-state index is 0.0600. The molecular formula is C21H24N2O5. The highest BCUT2D eigenvalue weighted by atomic mass is 16.5. The van der Waals surface area contributed by atoms with Crippen LogP contribution < -0.4 is 24.4 Å². The maximum Gasteiger partial charge on any atom is 0.259 e. The number of nitrogens with zero attached hydrogens (tertiary/aromatic N) is 1. The van der Waals surface area contributed by atoms with Gasteiger partial charge in [-0.25, -0.2) is 0 Å². The molecule has 0 bridgehead atoms. The van der Waals surface area contributed by atoms with E-state index in [2.05, 4.69) is 5.32 Å². The summed E-state index contributed by atoms with van der Waals surface area (Å²) in [4.78, 5) is 26.8. The molecule has 1 saturated heterocycles. The lowest BCUT2D eigenvalue weighted by Gasteiger charge is -2.28. The van der Waals surface area contributed by atoms with E-state index in [0.717, 1.165) is 12.8 Å². The third-order valence-corrected chi connectivity index (χ3v) is 4.70. The number of anilines is 2. The number of methoxy groups -OCH3 is 3. The lowest BCUT2D eigenvalue weighted by atomic mass is 10.1. The molecule has 148 valence electrons. The van der Waals surface area contributed by atoms with Crippen LogP contribution in [0.4, 0.5) is 11.4 Å². The van der Waals surface area contributed by atoms with Crippen molar-refractivity contribution in [1.82, 2.24) is 0 Å². The molecular weight excluding hydrogens is 360 g/mol. The van der Waals surface area contributed by atoms with Crippen molar-refractivity contribution in [2.45, 2.75) is 19.3 Å². The lowest BCUT2D eigenvalue weighted by molar-refractivity contribution is -0.119. The summed E-state index contributed by atoms with van der Waals surface area (Å²) in [5, 5.41) is 2.86. The van der Waals surface area contributed by atoms with E-state index in [9.17, 15) is 9.59 Å². The zero-order valence-corrected chi connectivity index (χ0v) is 16.3. The van der Waals surface area contributed by atoms with Gasteiger partial charge >= 0.3 is 0 Å². The van der Waals surface area contributed by atoms with Gasteiger partial charge in [0.25, 0.3) is 5.91 Å². The predicted molar refractivity (Wildman–Crippen MR) is 107 cm³/mol. The standard InChI is InChI=1S/C21H24N2O5/c1-26-15-8-9-16(19(13-15)28-3)21(25)22-14-7-10-18(27-2)17(12-14)23-11-5-4-6-20(23)24/h7-10,12-13H,4-6,11H2,1-3H3,(H,22,25). The first-order valence-corrected chi connectivity index (χ1v) is 9.09. The van der Waals surface area contributed by atoms with Crippen LogP contribution in [0.15, 0.2) is 36.4 Å². The largest absolute Gasteiger partial charge is 0.497 e. The summed E-state index contributed by atoms with van der Waals surface area (Å²) in [6.45, 7) is 0.638. The van der Waals surface area contributed by atoms with Crippen LogP contribution in [0.3, 0.4) is 0 Å². The molecule has 2 amide bonds. The van der Waals surface area contributed by atoms with Crippen molar-refractivity contribution in [1.29, 1.82) is 0 Å². The van der Waals surface area contributed by atoms with Crippen LogP contribution in [0.5, 0.6) is 17.2 Å². The molecule has 0 saturated carbocycles. The van der Waals surface area contributed by atoms with Crippen LogP contribution in [0.1, 0.15) is 29.6 Å². The number of benzene rings is 2. The first kappa shape index (κ1) is 19.5. The summed E-state index contributed by atoms with van der Waals surface area (Å²) >= 11 is 0. The van der Waals surface area contributed by atoms with Gasteiger partial charge in [0.15, 0.2) is 0 Å². The Morgan fingerprint density at radius 1 is 0.964 bits per heavy atom. The summed E-state index contributed by atoms with van der Waals surface area (Å²) in [6.07, 6.45) is 2.35. The minimum Gasteiger partial charge on any atom is -0.497 e. The molecule has 0 aromatic heterocycles. The number of amides is 2. The molecule has 1 heterocycles. The van der Waals surface area contributed by atoms with E-state index < -0.39 is 0 Å². The quantitative estimate of drug-likeness (QED) is 0.825. The van der Waals surface area contributed by atoms with Gasteiger partial charge in [0, 0.05) is 24.7 Å². The maximum atomic E-state index is 12.8. The number of hydrogen-bond donors (Lipinski definition) is 1. The first-order valence-electron chi connectivity index (χ1n) is 9.09. The second kappa shape index (κ2) is 8.65. The Kier molecular flexibility index (Phi) is 6.03. The normalized spacial score (nSPS) is 13.8. The van der Waals surface area contributed by atoms with Crippen LogP contribution in [-0.2, 0) is 4.79 Å². The Morgan fingerprint density at radius 3 is 2.43 bits per heavy atom. The van der Waals surface area contributed by atoms with Gasteiger partial charge in [0.05, 0.1) is 32.6 Å². The Labute approximate surface area is 164 Å². The van der Waals surface area contributed by atoms with Crippen molar-refractivity contribution in [2.24, 2.45) is 0 Å². The van der Waals surface area contributed by atoms with Crippen molar-refractivity contribution in [3.63, 3.8) is 0 Å². The zero-order chi connectivity index (χ0) is 20.1.